The summed E-state index contributed by atoms with van der Waals surface area (Å²) >= 11 is 1.71. The van der Waals surface area contributed by atoms with Crippen LogP contribution in [-0.2, 0) is 6.54 Å². The Hall–Kier alpha value is -2.38. The largest absolute Gasteiger partial charge is 0.364 e. The Bertz CT molecular complexity index is 799. The van der Waals surface area contributed by atoms with Crippen molar-refractivity contribution in [2.24, 2.45) is 0 Å². The van der Waals surface area contributed by atoms with Crippen LogP contribution >= 0.6 is 11.3 Å². The Kier molecular flexibility index (Phi) is 3.36. The molecule has 0 unspecified atom stereocenters. The van der Waals surface area contributed by atoms with Gasteiger partial charge in [-0.05, 0) is 36.1 Å². The maximum Gasteiger partial charge on any atom is 0.144 e. The fraction of sp³-hybridized carbons (Fsp3) is 0.125. The van der Waals surface area contributed by atoms with Crippen LogP contribution in [0.15, 0.2) is 41.8 Å². The maximum absolute atomic E-state index is 9.26. The van der Waals surface area contributed by atoms with Crippen LogP contribution < -0.4 is 5.32 Å². The van der Waals surface area contributed by atoms with Gasteiger partial charge >= 0.3 is 0 Å². The Morgan fingerprint density at radius 3 is 2.90 bits per heavy atom. The van der Waals surface area contributed by atoms with E-state index in [9.17, 15) is 5.26 Å². The smallest absolute Gasteiger partial charge is 0.144 e. The van der Waals surface area contributed by atoms with Gasteiger partial charge in [0, 0.05) is 10.3 Å². The van der Waals surface area contributed by atoms with E-state index in [0.717, 1.165) is 10.9 Å². The molecule has 3 nitrogen and oxygen atoms in total. The number of hydrogen-bond acceptors (Lipinski definition) is 4. The highest BCUT2D eigenvalue weighted by molar-refractivity contribution is 7.10. The van der Waals surface area contributed by atoms with E-state index in [0.29, 0.717) is 17.9 Å². The van der Waals surface area contributed by atoms with E-state index in [1.165, 1.54) is 10.4 Å². The van der Waals surface area contributed by atoms with E-state index in [-0.39, 0.29) is 0 Å². The summed E-state index contributed by atoms with van der Waals surface area (Å²) in [7, 11) is 0. The van der Waals surface area contributed by atoms with Crippen molar-refractivity contribution in [2.45, 2.75) is 13.5 Å². The summed E-state index contributed by atoms with van der Waals surface area (Å²) in [4.78, 5) is 5.81. The molecule has 0 atom stereocenters. The fourth-order valence-electron chi connectivity index (χ4n) is 2.09. The lowest BCUT2D eigenvalue weighted by Crippen LogP contribution is -2.03. The third-order valence-electron chi connectivity index (χ3n) is 3.23. The number of fused-ring (bicyclic) bond motifs is 1. The van der Waals surface area contributed by atoms with Crippen LogP contribution in [0.25, 0.3) is 10.9 Å². The molecule has 3 aromatic rings. The normalized spacial score (nSPS) is 10.4. The first kappa shape index (κ1) is 12.6. The predicted octanol–water partition coefficient (Wildman–Crippen LogP) is 4.09. The predicted molar refractivity (Wildman–Crippen MR) is 82.8 cm³/mol. The van der Waals surface area contributed by atoms with Crippen LogP contribution in [0, 0.1) is 18.3 Å². The van der Waals surface area contributed by atoms with Gasteiger partial charge in [-0.15, -0.1) is 11.3 Å². The van der Waals surface area contributed by atoms with Gasteiger partial charge in [-0.1, -0.05) is 18.2 Å². The molecule has 0 spiro atoms. The molecular weight excluding hydrogens is 266 g/mol. The summed E-state index contributed by atoms with van der Waals surface area (Å²) in [6, 6.07) is 14.0. The van der Waals surface area contributed by atoms with E-state index >= 15 is 0 Å². The van der Waals surface area contributed by atoms with Crippen molar-refractivity contribution < 1.29 is 0 Å². The highest BCUT2D eigenvalue weighted by Crippen LogP contribution is 2.22. The molecule has 0 aliphatic heterocycles. The number of para-hydroxylation sites is 1. The number of nitrogens with one attached hydrogen (secondary N) is 1. The van der Waals surface area contributed by atoms with E-state index in [2.05, 4.69) is 34.7 Å². The molecule has 98 valence electrons. The molecular formula is C16H13N3S. The molecule has 3 rings (SSSR count). The number of nitrogens with zero attached hydrogens (tertiary/aromatic N) is 2. The van der Waals surface area contributed by atoms with Crippen LogP contribution in [0.5, 0.6) is 0 Å². The third-order valence-corrected chi connectivity index (χ3v) is 4.25. The van der Waals surface area contributed by atoms with Crippen LogP contribution in [0.1, 0.15) is 16.0 Å². The zero-order valence-electron chi connectivity index (χ0n) is 11.1. The number of benzene rings is 1. The molecule has 0 aliphatic carbocycles. The zero-order valence-corrected chi connectivity index (χ0v) is 11.9. The summed E-state index contributed by atoms with van der Waals surface area (Å²) in [5.41, 5.74) is 2.75. The first-order valence-electron chi connectivity index (χ1n) is 6.34. The molecule has 0 bridgehead atoms. The quantitative estimate of drug-likeness (QED) is 0.785. The minimum Gasteiger partial charge on any atom is -0.364 e. The molecule has 20 heavy (non-hydrogen) atoms. The molecule has 4 heteroatoms. The second kappa shape index (κ2) is 5.32. The highest BCUT2D eigenvalue weighted by atomic mass is 32.1. The van der Waals surface area contributed by atoms with Crippen molar-refractivity contribution in [1.29, 1.82) is 5.26 Å². The van der Waals surface area contributed by atoms with Crippen LogP contribution in [0.3, 0.4) is 0 Å². The number of aryl methyl sites for hydroxylation is 1. The van der Waals surface area contributed by atoms with Gasteiger partial charge in [0.15, 0.2) is 0 Å². The summed E-state index contributed by atoms with van der Waals surface area (Å²) in [5.74, 6) is 0.652. The van der Waals surface area contributed by atoms with E-state index in [1.54, 1.807) is 11.3 Å². The molecule has 0 saturated heterocycles. The number of pyridine rings is 1. The second-order valence-corrected chi connectivity index (χ2v) is 5.57. The highest BCUT2D eigenvalue weighted by Gasteiger charge is 2.07. The third kappa shape index (κ3) is 2.36. The van der Waals surface area contributed by atoms with E-state index in [1.807, 2.05) is 30.3 Å². The molecule has 0 radical (unpaired) electrons. The summed E-state index contributed by atoms with van der Waals surface area (Å²) in [5, 5.41) is 15.6. The average Bonchev–Trinajstić information content (AvgIpc) is 2.89. The lowest BCUT2D eigenvalue weighted by atomic mass is 10.1. The Labute approximate surface area is 121 Å². The molecule has 2 aromatic heterocycles. The van der Waals surface area contributed by atoms with E-state index < -0.39 is 0 Å². The topological polar surface area (TPSA) is 48.7 Å². The van der Waals surface area contributed by atoms with Crippen molar-refractivity contribution in [3.05, 3.63) is 57.8 Å². The number of anilines is 1. The first-order valence-corrected chi connectivity index (χ1v) is 7.22. The van der Waals surface area contributed by atoms with Crippen LogP contribution in [0.2, 0.25) is 0 Å². The van der Waals surface area contributed by atoms with Crippen molar-refractivity contribution in [2.75, 3.05) is 5.32 Å². The molecule has 1 aromatic carbocycles. The monoisotopic (exact) mass is 279 g/mol. The maximum atomic E-state index is 9.26. The standard InChI is InChI=1S/C16H13N3S/c1-11-6-7-20-15(11)10-18-16-13(9-17)8-12-4-2-3-5-14(12)19-16/h2-8H,10H2,1H3,(H,18,19). The molecule has 0 saturated carbocycles. The lowest BCUT2D eigenvalue weighted by Gasteiger charge is -2.08. The van der Waals surface area contributed by atoms with Gasteiger partial charge in [-0.2, -0.15) is 5.26 Å². The van der Waals surface area contributed by atoms with Crippen LogP contribution in [-0.4, -0.2) is 4.98 Å². The Morgan fingerprint density at radius 2 is 2.15 bits per heavy atom. The average molecular weight is 279 g/mol. The van der Waals surface area contributed by atoms with Crippen LogP contribution in [0.4, 0.5) is 5.82 Å². The van der Waals surface area contributed by atoms with Gasteiger partial charge in [0.25, 0.3) is 0 Å². The van der Waals surface area contributed by atoms with Crippen molar-refractivity contribution in [3.63, 3.8) is 0 Å². The van der Waals surface area contributed by atoms with E-state index in [4.69, 9.17) is 0 Å². The molecule has 2 heterocycles. The molecule has 0 amide bonds. The van der Waals surface area contributed by atoms with Crippen molar-refractivity contribution >= 4 is 28.1 Å². The number of hydrogen-bond donors (Lipinski definition) is 1. The fourth-order valence-corrected chi connectivity index (χ4v) is 2.93. The SMILES string of the molecule is Cc1ccsc1CNc1nc2ccccc2cc1C#N. The Balaban J connectivity index is 1.94. The zero-order chi connectivity index (χ0) is 13.9. The lowest BCUT2D eigenvalue weighted by molar-refractivity contribution is 1.13. The van der Waals surface area contributed by atoms with Gasteiger partial charge in [0.1, 0.15) is 11.9 Å². The summed E-state index contributed by atoms with van der Waals surface area (Å²) in [6.45, 7) is 2.79. The number of thiophene rings is 1. The van der Waals surface area contributed by atoms with Gasteiger partial charge < -0.3 is 5.32 Å². The van der Waals surface area contributed by atoms with Gasteiger partial charge in [0.05, 0.1) is 17.6 Å². The number of nitriles is 1. The number of rotatable bonds is 3. The number of aromatic nitrogens is 1. The van der Waals surface area contributed by atoms with Gasteiger partial charge in [-0.3, -0.25) is 0 Å². The molecule has 0 fully saturated rings. The molecule has 1 N–H and O–H groups in total. The minimum atomic E-state index is 0.581. The van der Waals surface area contributed by atoms with Crippen molar-refractivity contribution in [1.82, 2.24) is 4.98 Å². The molecule has 0 aliphatic rings. The second-order valence-electron chi connectivity index (χ2n) is 4.57. The summed E-state index contributed by atoms with van der Waals surface area (Å²) in [6.07, 6.45) is 0. The first-order chi connectivity index (χ1) is 9.78. The van der Waals surface area contributed by atoms with Gasteiger partial charge in [0.2, 0.25) is 0 Å². The Morgan fingerprint density at radius 1 is 1.30 bits per heavy atom. The van der Waals surface area contributed by atoms with Crippen molar-refractivity contribution in [3.8, 4) is 6.07 Å². The van der Waals surface area contributed by atoms with Gasteiger partial charge in [-0.25, -0.2) is 4.98 Å². The minimum absolute atomic E-state index is 0.581. The summed E-state index contributed by atoms with van der Waals surface area (Å²) < 4.78 is 0.